The van der Waals surface area contributed by atoms with Gasteiger partial charge in [-0.3, -0.25) is 9.71 Å². The highest BCUT2D eigenvalue weighted by molar-refractivity contribution is 7.92. The Morgan fingerprint density at radius 3 is 2.73 bits per heavy atom. The van der Waals surface area contributed by atoms with E-state index in [4.69, 9.17) is 4.99 Å². The molecule has 2 aromatic carbocycles. The van der Waals surface area contributed by atoms with Crippen LogP contribution >= 0.6 is 0 Å². The van der Waals surface area contributed by atoms with Crippen LogP contribution in [0.15, 0.2) is 51.6 Å². The van der Waals surface area contributed by atoms with Crippen LogP contribution < -0.4 is 9.62 Å². The summed E-state index contributed by atoms with van der Waals surface area (Å²) >= 11 is 0. The third-order valence-corrected chi connectivity index (χ3v) is 6.48. The average Bonchev–Trinajstić information content (AvgIpc) is 2.99. The van der Waals surface area contributed by atoms with Crippen molar-refractivity contribution in [3.05, 3.63) is 53.1 Å². The summed E-state index contributed by atoms with van der Waals surface area (Å²) in [6, 6.07) is 11.8. The molecule has 30 heavy (non-hydrogen) atoms. The minimum absolute atomic E-state index is 0.322. The van der Waals surface area contributed by atoms with Gasteiger partial charge in [-0.1, -0.05) is 31.2 Å². The molecule has 1 unspecified atom stereocenters. The molecule has 8 heteroatoms. The van der Waals surface area contributed by atoms with Gasteiger partial charge in [0.15, 0.2) is 5.84 Å². The van der Waals surface area contributed by atoms with Crippen molar-refractivity contribution >= 4 is 32.9 Å². The Hall–Kier alpha value is -2.74. The van der Waals surface area contributed by atoms with Gasteiger partial charge >= 0.3 is 0 Å². The molecule has 0 saturated carbocycles. The first-order valence-corrected chi connectivity index (χ1v) is 12.1. The Morgan fingerprint density at radius 2 is 2.00 bits per heavy atom. The molecule has 158 valence electrons. The molecule has 2 aromatic rings. The number of aryl methyl sites for hydroxylation is 1. The fraction of sp³-hybridized carbons (Fsp3) is 0.409. The van der Waals surface area contributed by atoms with Crippen molar-refractivity contribution < 1.29 is 8.42 Å². The van der Waals surface area contributed by atoms with Gasteiger partial charge in [0.1, 0.15) is 5.69 Å². The van der Waals surface area contributed by atoms with Crippen molar-refractivity contribution in [2.75, 3.05) is 29.5 Å². The smallest absolute Gasteiger partial charge is 0.229 e. The number of hydrogen-bond acceptors (Lipinski definition) is 6. The second kappa shape index (κ2) is 7.50. The quantitative estimate of drug-likeness (QED) is 0.726. The molecular formula is C22H27N5O2S. The molecule has 0 saturated heterocycles. The normalized spacial score (nSPS) is 20.8. The van der Waals surface area contributed by atoms with Crippen LogP contribution in [-0.4, -0.2) is 34.1 Å². The maximum atomic E-state index is 11.9. The van der Waals surface area contributed by atoms with Gasteiger partial charge in [0, 0.05) is 24.8 Å². The molecule has 7 nitrogen and oxygen atoms in total. The lowest BCUT2D eigenvalue weighted by atomic mass is 9.89. The van der Waals surface area contributed by atoms with E-state index in [9.17, 15) is 8.42 Å². The van der Waals surface area contributed by atoms with Crippen molar-refractivity contribution in [3.8, 4) is 0 Å². The van der Waals surface area contributed by atoms with Crippen LogP contribution in [0.4, 0.5) is 17.1 Å². The zero-order chi connectivity index (χ0) is 21.5. The highest BCUT2D eigenvalue weighted by atomic mass is 32.2. The van der Waals surface area contributed by atoms with Gasteiger partial charge in [-0.05, 0) is 49.4 Å². The predicted molar refractivity (Wildman–Crippen MR) is 122 cm³/mol. The summed E-state index contributed by atoms with van der Waals surface area (Å²) in [5.41, 5.74) is 4.89. The fourth-order valence-electron chi connectivity index (χ4n) is 4.12. The number of benzene rings is 2. The number of amidine groups is 1. The van der Waals surface area contributed by atoms with Gasteiger partial charge in [0.25, 0.3) is 0 Å². The lowest BCUT2D eigenvalue weighted by molar-refractivity contribution is 0.490. The largest absolute Gasteiger partial charge is 0.374 e. The number of nitrogens with one attached hydrogen (secondary N) is 1. The maximum absolute atomic E-state index is 11.9. The van der Waals surface area contributed by atoms with E-state index >= 15 is 0 Å². The Kier molecular flexibility index (Phi) is 5.13. The van der Waals surface area contributed by atoms with Crippen LogP contribution in [0.3, 0.4) is 0 Å². The number of rotatable bonds is 4. The molecule has 0 spiro atoms. The average molecular weight is 426 g/mol. The minimum atomic E-state index is -3.45. The van der Waals surface area contributed by atoms with Crippen molar-refractivity contribution in [2.45, 2.75) is 38.6 Å². The number of azo groups is 1. The summed E-state index contributed by atoms with van der Waals surface area (Å²) < 4.78 is 26.5. The first-order chi connectivity index (χ1) is 14.2. The number of hydrogen-bond donors (Lipinski definition) is 1. The lowest BCUT2D eigenvalue weighted by Crippen LogP contribution is -2.25. The van der Waals surface area contributed by atoms with E-state index in [-0.39, 0.29) is 5.54 Å². The molecule has 0 radical (unpaired) electrons. The summed E-state index contributed by atoms with van der Waals surface area (Å²) in [6.07, 6.45) is 3.98. The van der Waals surface area contributed by atoms with Crippen molar-refractivity contribution in [3.63, 3.8) is 0 Å². The summed E-state index contributed by atoms with van der Waals surface area (Å²) in [4.78, 5) is 6.97. The monoisotopic (exact) mass is 425 g/mol. The maximum Gasteiger partial charge on any atom is 0.229 e. The van der Waals surface area contributed by atoms with Crippen molar-refractivity contribution in [1.29, 1.82) is 0 Å². The molecule has 1 N–H and O–H groups in total. The highest BCUT2D eigenvalue weighted by Gasteiger charge is 2.34. The zero-order valence-electron chi connectivity index (χ0n) is 17.8. The first kappa shape index (κ1) is 20.5. The van der Waals surface area contributed by atoms with Gasteiger partial charge in [-0.2, -0.15) is 0 Å². The molecule has 2 aliphatic rings. The number of anilines is 2. The summed E-state index contributed by atoms with van der Waals surface area (Å²) in [5, 5.41) is 8.92. The first-order valence-electron chi connectivity index (χ1n) is 10.2. The van der Waals surface area contributed by atoms with E-state index in [2.05, 4.69) is 39.8 Å². The number of aliphatic imine (C=N–C) groups is 1. The summed E-state index contributed by atoms with van der Waals surface area (Å²) in [6.45, 7) is 5.14. The van der Waals surface area contributed by atoms with E-state index < -0.39 is 10.0 Å². The molecule has 0 fully saturated rings. The number of fused-ring (bicyclic) bond motifs is 2. The minimum Gasteiger partial charge on any atom is -0.374 e. The van der Waals surface area contributed by atoms with E-state index in [1.165, 1.54) is 0 Å². The molecule has 0 aromatic heterocycles. The fourth-order valence-corrected chi connectivity index (χ4v) is 4.68. The Bertz CT molecular complexity index is 1160. The standard InChI is InChI=1S/C22H27N5O2S/c1-5-22(2)17-11-7-6-10-16(17)21(23-22)25-24-18-13-15-9-8-12-27(3)20(15)14-19(18)26-30(4,28)29/h6-7,10-11,13-14,26H,5,8-9,12H2,1-4H3. The van der Waals surface area contributed by atoms with E-state index in [1.807, 2.05) is 37.4 Å². The topological polar surface area (TPSA) is 86.5 Å². The SMILES string of the molecule is CCC1(C)N=C(N=Nc2cc3c(cc2NS(C)(=O)=O)N(C)CCC3)c2ccccc21. The van der Waals surface area contributed by atoms with E-state index in [0.29, 0.717) is 17.2 Å². The van der Waals surface area contributed by atoms with Gasteiger partial charge < -0.3 is 4.90 Å². The van der Waals surface area contributed by atoms with Crippen LogP contribution in [0, 0.1) is 0 Å². The van der Waals surface area contributed by atoms with Gasteiger partial charge in [0.05, 0.1) is 17.5 Å². The van der Waals surface area contributed by atoms with Crippen LogP contribution in [0.5, 0.6) is 0 Å². The van der Waals surface area contributed by atoms with E-state index in [1.54, 1.807) is 0 Å². The molecular weight excluding hydrogens is 398 g/mol. The van der Waals surface area contributed by atoms with Crippen molar-refractivity contribution in [1.82, 2.24) is 0 Å². The Labute approximate surface area is 178 Å². The summed E-state index contributed by atoms with van der Waals surface area (Å²) in [5.74, 6) is 0.579. The van der Waals surface area contributed by atoms with Crippen LogP contribution in [-0.2, 0) is 22.0 Å². The number of nitrogens with zero attached hydrogens (tertiary/aromatic N) is 4. The molecule has 0 amide bonds. The molecule has 0 aliphatic carbocycles. The third kappa shape index (κ3) is 3.84. The number of sulfonamides is 1. The molecule has 1 atom stereocenters. The second-order valence-electron chi connectivity index (χ2n) is 8.21. The predicted octanol–water partition coefficient (Wildman–Crippen LogP) is 4.61. The van der Waals surface area contributed by atoms with Gasteiger partial charge in [-0.15, -0.1) is 10.2 Å². The van der Waals surface area contributed by atoms with Crippen LogP contribution in [0.2, 0.25) is 0 Å². The van der Waals surface area contributed by atoms with Crippen molar-refractivity contribution in [2.24, 2.45) is 15.2 Å². The van der Waals surface area contributed by atoms with Gasteiger partial charge in [0.2, 0.25) is 10.0 Å². The van der Waals surface area contributed by atoms with E-state index in [0.717, 1.165) is 54.4 Å². The Morgan fingerprint density at radius 1 is 1.23 bits per heavy atom. The second-order valence-corrected chi connectivity index (χ2v) is 9.95. The zero-order valence-corrected chi connectivity index (χ0v) is 18.6. The Balaban J connectivity index is 1.77. The van der Waals surface area contributed by atoms with Crippen LogP contribution in [0.25, 0.3) is 0 Å². The molecule has 2 aliphatic heterocycles. The lowest BCUT2D eigenvalue weighted by Gasteiger charge is -2.28. The van der Waals surface area contributed by atoms with Gasteiger partial charge in [-0.25, -0.2) is 8.42 Å². The molecule has 0 bridgehead atoms. The van der Waals surface area contributed by atoms with Crippen LogP contribution in [0.1, 0.15) is 43.4 Å². The third-order valence-electron chi connectivity index (χ3n) is 5.88. The molecule has 2 heterocycles. The highest BCUT2D eigenvalue weighted by Crippen LogP contribution is 2.40. The summed E-state index contributed by atoms with van der Waals surface area (Å²) in [7, 11) is -1.44. The molecule has 4 rings (SSSR count).